The van der Waals surface area contributed by atoms with Gasteiger partial charge in [0.2, 0.25) is 0 Å². The van der Waals surface area contributed by atoms with Crippen molar-refractivity contribution in [1.29, 1.82) is 0 Å². The number of para-hydroxylation sites is 1. The molecule has 242 valence electrons. The minimum absolute atomic E-state index is 0.0117. The van der Waals surface area contributed by atoms with Crippen LogP contribution in [0.15, 0.2) is 53.7 Å². The first kappa shape index (κ1) is 33.3. The fraction of sp³-hybridized carbons (Fsp3) is 0.419. The van der Waals surface area contributed by atoms with Crippen LogP contribution in [0.4, 0.5) is 24.1 Å². The standard InChI is InChI=1S/C31H37F2N5O7/c1-4-45-28(39)21-7-5-6-8-25(21)37-15-11-20(12-16-37)34-13-14-35-30(41)38-27(19-9-10-22(32)23(33)17-19)26(29(40)44-3)24(18-43-2)36-31(38)42/h5-10,17,20,27,34H,4,11-16,18H2,1-3H3,(H,35,41)(H,36,42). The third-order valence-electron chi connectivity index (χ3n) is 7.57. The molecule has 2 aromatic rings. The lowest BCUT2D eigenvalue weighted by atomic mass is 9.93. The Kier molecular flexibility index (Phi) is 11.4. The van der Waals surface area contributed by atoms with E-state index >= 15 is 0 Å². The second kappa shape index (κ2) is 15.4. The van der Waals surface area contributed by atoms with Crippen LogP contribution in [0.1, 0.15) is 41.7 Å². The molecular formula is C31H37F2N5O7. The first-order valence-electron chi connectivity index (χ1n) is 14.6. The molecule has 2 aromatic carbocycles. The van der Waals surface area contributed by atoms with E-state index in [2.05, 4.69) is 20.9 Å². The SMILES string of the molecule is CCOC(=O)c1ccccc1N1CCC(NCCNC(=O)N2C(=O)NC(COC)=C(C(=O)OC)C2c2ccc(F)c(F)c2)CC1. The molecule has 0 saturated carbocycles. The number of anilines is 1. The third-order valence-corrected chi connectivity index (χ3v) is 7.57. The second-order valence-electron chi connectivity index (χ2n) is 10.4. The monoisotopic (exact) mass is 629 g/mol. The number of esters is 2. The van der Waals surface area contributed by atoms with E-state index in [-0.39, 0.29) is 42.0 Å². The Morgan fingerprint density at radius 1 is 1.00 bits per heavy atom. The molecule has 2 aliphatic heterocycles. The highest BCUT2D eigenvalue weighted by molar-refractivity contribution is 6.01. The van der Waals surface area contributed by atoms with Crippen molar-refractivity contribution in [1.82, 2.24) is 20.9 Å². The summed E-state index contributed by atoms with van der Waals surface area (Å²) in [6.45, 7) is 3.76. The maximum atomic E-state index is 14.3. The van der Waals surface area contributed by atoms with Gasteiger partial charge in [-0.05, 0) is 49.6 Å². The molecule has 1 fully saturated rings. The molecule has 14 heteroatoms. The van der Waals surface area contributed by atoms with Crippen LogP contribution in [0.25, 0.3) is 0 Å². The zero-order chi connectivity index (χ0) is 32.5. The molecule has 2 heterocycles. The number of benzene rings is 2. The Balaban J connectivity index is 1.39. The molecule has 0 aliphatic carbocycles. The molecule has 0 radical (unpaired) electrons. The largest absolute Gasteiger partial charge is 0.466 e. The molecule has 1 saturated heterocycles. The quantitative estimate of drug-likeness (QED) is 0.253. The molecule has 0 spiro atoms. The molecule has 1 atom stereocenters. The Labute approximate surface area is 259 Å². The van der Waals surface area contributed by atoms with Crippen molar-refractivity contribution in [3.8, 4) is 0 Å². The summed E-state index contributed by atoms with van der Waals surface area (Å²) in [6.07, 6.45) is 1.57. The lowest BCUT2D eigenvalue weighted by Crippen LogP contribution is -2.56. The molecule has 4 amide bonds. The predicted molar refractivity (Wildman–Crippen MR) is 159 cm³/mol. The highest BCUT2D eigenvalue weighted by atomic mass is 19.2. The topological polar surface area (TPSA) is 139 Å². The fourth-order valence-electron chi connectivity index (χ4n) is 5.46. The fourth-order valence-corrected chi connectivity index (χ4v) is 5.46. The van der Waals surface area contributed by atoms with Crippen LogP contribution in [-0.4, -0.2) is 88.6 Å². The number of rotatable bonds is 11. The summed E-state index contributed by atoms with van der Waals surface area (Å²) in [5.41, 5.74) is 1.21. The zero-order valence-corrected chi connectivity index (χ0v) is 25.4. The lowest BCUT2D eigenvalue weighted by Gasteiger charge is -2.37. The molecule has 2 aliphatic rings. The molecule has 0 aromatic heterocycles. The van der Waals surface area contributed by atoms with Crippen molar-refractivity contribution in [3.05, 3.63) is 76.5 Å². The average molecular weight is 630 g/mol. The van der Waals surface area contributed by atoms with Crippen LogP contribution in [0.3, 0.4) is 0 Å². The minimum Gasteiger partial charge on any atom is -0.466 e. The summed E-state index contributed by atoms with van der Waals surface area (Å²) >= 11 is 0. The van der Waals surface area contributed by atoms with Crippen molar-refractivity contribution in [3.63, 3.8) is 0 Å². The van der Waals surface area contributed by atoms with E-state index in [0.29, 0.717) is 31.8 Å². The Hall–Kier alpha value is -4.56. The van der Waals surface area contributed by atoms with Gasteiger partial charge in [-0.15, -0.1) is 0 Å². The summed E-state index contributed by atoms with van der Waals surface area (Å²) in [4.78, 5) is 54.6. The zero-order valence-electron chi connectivity index (χ0n) is 25.4. The summed E-state index contributed by atoms with van der Waals surface area (Å²) in [6, 6.07) is 7.19. The summed E-state index contributed by atoms with van der Waals surface area (Å²) < 4.78 is 43.2. The Morgan fingerprint density at radius 3 is 2.40 bits per heavy atom. The van der Waals surface area contributed by atoms with Crippen LogP contribution in [-0.2, 0) is 19.0 Å². The molecule has 0 bridgehead atoms. The maximum absolute atomic E-state index is 14.3. The lowest BCUT2D eigenvalue weighted by molar-refractivity contribution is -0.137. The highest BCUT2D eigenvalue weighted by Gasteiger charge is 2.43. The van der Waals surface area contributed by atoms with Crippen LogP contribution < -0.4 is 20.9 Å². The van der Waals surface area contributed by atoms with Gasteiger partial charge in [0.25, 0.3) is 0 Å². The van der Waals surface area contributed by atoms with Gasteiger partial charge >= 0.3 is 24.0 Å². The number of hydrogen-bond acceptors (Lipinski definition) is 9. The molecule has 1 unspecified atom stereocenters. The first-order chi connectivity index (χ1) is 21.7. The number of carbonyl (C=O) groups excluding carboxylic acids is 4. The third kappa shape index (κ3) is 7.75. The van der Waals surface area contributed by atoms with E-state index in [4.69, 9.17) is 14.2 Å². The van der Waals surface area contributed by atoms with E-state index < -0.39 is 35.7 Å². The number of imide groups is 1. The van der Waals surface area contributed by atoms with Crippen LogP contribution in [0.5, 0.6) is 0 Å². The van der Waals surface area contributed by atoms with Crippen molar-refractivity contribution in [2.24, 2.45) is 0 Å². The smallest absolute Gasteiger partial charge is 0.340 e. The first-order valence-corrected chi connectivity index (χ1v) is 14.6. The molecule has 4 rings (SSSR count). The van der Waals surface area contributed by atoms with Crippen LogP contribution in [0.2, 0.25) is 0 Å². The predicted octanol–water partition coefficient (Wildman–Crippen LogP) is 3.25. The second-order valence-corrected chi connectivity index (χ2v) is 10.4. The van der Waals surface area contributed by atoms with E-state index in [1.807, 2.05) is 12.1 Å². The number of piperidine rings is 1. The number of halogens is 2. The van der Waals surface area contributed by atoms with Crippen LogP contribution >= 0.6 is 0 Å². The number of nitrogens with zero attached hydrogens (tertiary/aromatic N) is 2. The number of hydrogen-bond donors (Lipinski definition) is 3. The number of urea groups is 2. The van der Waals surface area contributed by atoms with E-state index in [1.165, 1.54) is 13.2 Å². The van der Waals surface area contributed by atoms with Crippen molar-refractivity contribution < 1.29 is 42.2 Å². The van der Waals surface area contributed by atoms with E-state index in [0.717, 1.165) is 42.7 Å². The molecular weight excluding hydrogens is 592 g/mol. The summed E-state index contributed by atoms with van der Waals surface area (Å²) in [7, 11) is 2.47. The van der Waals surface area contributed by atoms with Gasteiger partial charge in [0.1, 0.15) is 6.04 Å². The Morgan fingerprint density at radius 2 is 1.73 bits per heavy atom. The van der Waals surface area contributed by atoms with Gasteiger partial charge in [-0.2, -0.15) is 0 Å². The van der Waals surface area contributed by atoms with Gasteiger partial charge < -0.3 is 35.1 Å². The normalized spacial score (nSPS) is 17.2. The van der Waals surface area contributed by atoms with Gasteiger partial charge in [-0.25, -0.2) is 32.9 Å². The molecule has 3 N–H and O–H groups in total. The number of carbonyl (C=O) groups is 4. The van der Waals surface area contributed by atoms with Crippen LogP contribution in [0, 0.1) is 11.6 Å². The molecule has 12 nitrogen and oxygen atoms in total. The summed E-state index contributed by atoms with van der Waals surface area (Å²) in [5, 5.41) is 8.54. The number of methoxy groups -OCH3 is 2. The van der Waals surface area contributed by atoms with Crippen molar-refractivity contribution >= 4 is 29.7 Å². The van der Waals surface area contributed by atoms with Gasteiger partial charge in [0.15, 0.2) is 11.6 Å². The van der Waals surface area contributed by atoms with Gasteiger partial charge in [-0.3, -0.25) is 0 Å². The van der Waals surface area contributed by atoms with Crippen molar-refractivity contribution in [2.45, 2.75) is 31.8 Å². The van der Waals surface area contributed by atoms with Gasteiger partial charge in [0, 0.05) is 39.3 Å². The van der Waals surface area contributed by atoms with E-state index in [1.54, 1.807) is 19.1 Å². The highest BCUT2D eigenvalue weighted by Crippen LogP contribution is 2.35. The number of nitrogens with one attached hydrogen (secondary N) is 3. The number of ether oxygens (including phenoxy) is 3. The average Bonchev–Trinajstić information content (AvgIpc) is 3.04. The van der Waals surface area contributed by atoms with Gasteiger partial charge in [0.05, 0.1) is 42.8 Å². The minimum atomic E-state index is -1.42. The maximum Gasteiger partial charge on any atom is 0.340 e. The Bertz CT molecular complexity index is 1450. The molecule has 45 heavy (non-hydrogen) atoms. The van der Waals surface area contributed by atoms with Crippen molar-refractivity contribution in [2.75, 3.05) is 58.5 Å². The summed E-state index contributed by atoms with van der Waals surface area (Å²) in [5.74, 6) is -3.58. The van der Waals surface area contributed by atoms with E-state index in [9.17, 15) is 28.0 Å². The van der Waals surface area contributed by atoms with Gasteiger partial charge in [-0.1, -0.05) is 18.2 Å². The number of amides is 4.